The van der Waals surface area contributed by atoms with Crippen molar-refractivity contribution in [2.45, 2.75) is 13.0 Å². The summed E-state index contributed by atoms with van der Waals surface area (Å²) in [6.07, 6.45) is 0.139. The summed E-state index contributed by atoms with van der Waals surface area (Å²) in [7, 11) is -0.849. The van der Waals surface area contributed by atoms with E-state index in [1.807, 2.05) is 0 Å². The minimum Gasteiger partial charge on any atom is -0.748 e. The second kappa shape index (κ2) is 5.94. The second-order valence-corrected chi connectivity index (χ2v) is 6.85. The average molecular weight is 307 g/mol. The van der Waals surface area contributed by atoms with Crippen LogP contribution < -0.4 is 0 Å². The van der Waals surface area contributed by atoms with Gasteiger partial charge < -0.3 is 19.2 Å². The van der Waals surface area contributed by atoms with Crippen molar-refractivity contribution in [3.8, 4) is 11.5 Å². The quantitative estimate of drug-likeness (QED) is 0.459. The first-order valence-corrected chi connectivity index (χ1v) is 7.54. The molecule has 8 heteroatoms. The van der Waals surface area contributed by atoms with Crippen LogP contribution in [-0.4, -0.2) is 54.1 Å². The van der Waals surface area contributed by atoms with Gasteiger partial charge >= 0.3 is 0 Å². The predicted octanol–water partition coefficient (Wildman–Crippen LogP) is 0.749. The van der Waals surface area contributed by atoms with Crippen molar-refractivity contribution in [3.63, 3.8) is 0 Å². The lowest BCUT2D eigenvalue weighted by molar-refractivity contribution is -0.903. The number of quaternary nitrogens is 1. The molecule has 0 heterocycles. The van der Waals surface area contributed by atoms with Gasteiger partial charge in [-0.25, -0.2) is 12.8 Å². The Labute approximate surface area is 117 Å². The molecule has 114 valence electrons. The molecule has 20 heavy (non-hydrogen) atoms. The number of phenols is 2. The monoisotopic (exact) mass is 307 g/mol. The summed E-state index contributed by atoms with van der Waals surface area (Å²) in [5, 5.41) is 19.0. The van der Waals surface area contributed by atoms with E-state index in [1.165, 1.54) is 0 Å². The molecule has 0 radical (unpaired) electrons. The van der Waals surface area contributed by atoms with Crippen LogP contribution in [0.5, 0.6) is 11.5 Å². The highest BCUT2D eigenvalue weighted by Crippen LogP contribution is 2.32. The van der Waals surface area contributed by atoms with Gasteiger partial charge in [-0.3, -0.25) is 0 Å². The van der Waals surface area contributed by atoms with Gasteiger partial charge in [0.25, 0.3) is 0 Å². The van der Waals surface area contributed by atoms with E-state index >= 15 is 0 Å². The van der Waals surface area contributed by atoms with Crippen LogP contribution in [0, 0.1) is 5.82 Å². The Morgan fingerprint density at radius 3 is 2.45 bits per heavy atom. The molecule has 0 saturated carbocycles. The van der Waals surface area contributed by atoms with Crippen molar-refractivity contribution in [3.05, 3.63) is 23.5 Å². The molecule has 0 fully saturated rings. The second-order valence-electron chi connectivity index (χ2n) is 5.33. The summed E-state index contributed by atoms with van der Waals surface area (Å²) in [6, 6.07) is 2.10. The molecular weight excluding hydrogens is 289 g/mol. The maximum absolute atomic E-state index is 13.6. The van der Waals surface area contributed by atoms with Crippen LogP contribution in [0.3, 0.4) is 0 Å². The van der Waals surface area contributed by atoms with Gasteiger partial charge in [0, 0.05) is 12.2 Å². The molecule has 1 aromatic rings. The number of hydrogen-bond acceptors (Lipinski definition) is 5. The van der Waals surface area contributed by atoms with Crippen LogP contribution in [0.1, 0.15) is 12.0 Å². The van der Waals surface area contributed by atoms with Gasteiger partial charge in [-0.15, -0.1) is 0 Å². The highest BCUT2D eigenvalue weighted by molar-refractivity contribution is 7.85. The van der Waals surface area contributed by atoms with E-state index in [1.54, 1.807) is 14.1 Å². The fourth-order valence-corrected chi connectivity index (χ4v) is 2.41. The smallest absolute Gasteiger partial charge is 0.169 e. The van der Waals surface area contributed by atoms with Crippen molar-refractivity contribution < 1.29 is 32.1 Å². The summed E-state index contributed by atoms with van der Waals surface area (Å²) < 4.78 is 45.4. The number of rotatable bonds is 6. The van der Waals surface area contributed by atoms with E-state index in [2.05, 4.69) is 0 Å². The Hall–Kier alpha value is -1.38. The van der Waals surface area contributed by atoms with Gasteiger partial charge in [-0.1, -0.05) is 0 Å². The highest BCUT2D eigenvalue weighted by Gasteiger charge is 2.22. The SMILES string of the molecule is C[N+](C)(CCCS(=O)(=O)[O-])Cc1c(F)ccc(O)c1O. The third-order valence-electron chi connectivity index (χ3n) is 2.95. The molecule has 2 N–H and O–H groups in total. The largest absolute Gasteiger partial charge is 0.748 e. The van der Waals surface area contributed by atoms with E-state index in [0.717, 1.165) is 12.1 Å². The summed E-state index contributed by atoms with van der Waals surface area (Å²) in [5.74, 6) is -2.07. The van der Waals surface area contributed by atoms with Crippen LogP contribution in [0.2, 0.25) is 0 Å². The molecule has 0 spiro atoms. The summed E-state index contributed by atoms with van der Waals surface area (Å²) in [4.78, 5) is 0. The lowest BCUT2D eigenvalue weighted by Gasteiger charge is -2.30. The number of halogens is 1. The van der Waals surface area contributed by atoms with E-state index in [0.29, 0.717) is 6.54 Å². The van der Waals surface area contributed by atoms with Gasteiger partial charge in [0.1, 0.15) is 12.4 Å². The minimum atomic E-state index is -4.27. The number of aromatic hydroxyl groups is 2. The van der Waals surface area contributed by atoms with Gasteiger partial charge in [-0.2, -0.15) is 0 Å². The normalized spacial score (nSPS) is 12.6. The molecule has 0 atom stereocenters. The van der Waals surface area contributed by atoms with Crippen LogP contribution in [0.4, 0.5) is 4.39 Å². The fraction of sp³-hybridized carbons (Fsp3) is 0.500. The Balaban J connectivity index is 2.78. The zero-order valence-corrected chi connectivity index (χ0v) is 12.2. The van der Waals surface area contributed by atoms with Crippen molar-refractivity contribution in [1.82, 2.24) is 0 Å². The van der Waals surface area contributed by atoms with Crippen molar-refractivity contribution in [2.75, 3.05) is 26.4 Å². The Bertz CT molecular complexity index is 586. The lowest BCUT2D eigenvalue weighted by atomic mass is 10.1. The van der Waals surface area contributed by atoms with Gasteiger partial charge in [0.05, 0.1) is 36.3 Å². The Morgan fingerprint density at radius 2 is 1.90 bits per heavy atom. The topological polar surface area (TPSA) is 97.7 Å². The van der Waals surface area contributed by atoms with E-state index < -0.39 is 33.2 Å². The Kier molecular flexibility index (Phi) is 4.95. The standard InChI is InChI=1S/C12H18FNO5S/c1-14(2,6-3-7-20(17,18)19)8-9-10(13)4-5-11(15)12(9)16/h4-5H,3,6-8H2,1-2H3,(H2-,15,16,17,18,19). The molecular formula is C12H18FNO5S. The molecule has 0 aliphatic rings. The fourth-order valence-electron chi connectivity index (χ4n) is 1.93. The molecule has 0 aliphatic heterocycles. The average Bonchev–Trinajstić information content (AvgIpc) is 2.28. The van der Waals surface area contributed by atoms with E-state index in [-0.39, 0.29) is 23.0 Å². The molecule has 0 saturated heterocycles. The van der Waals surface area contributed by atoms with Gasteiger partial charge in [0.2, 0.25) is 0 Å². The van der Waals surface area contributed by atoms with Crippen LogP contribution in [0.25, 0.3) is 0 Å². The number of benzene rings is 1. The van der Waals surface area contributed by atoms with Crippen molar-refractivity contribution in [2.24, 2.45) is 0 Å². The minimum absolute atomic E-state index is 0.0417. The lowest BCUT2D eigenvalue weighted by Crippen LogP contribution is -2.40. The van der Waals surface area contributed by atoms with Gasteiger partial charge in [-0.05, 0) is 12.1 Å². The molecule has 0 aliphatic carbocycles. The first kappa shape index (κ1) is 16.7. The van der Waals surface area contributed by atoms with Gasteiger partial charge in [0.15, 0.2) is 11.5 Å². The summed E-state index contributed by atoms with van der Waals surface area (Å²) in [5.41, 5.74) is -0.0417. The first-order valence-electron chi connectivity index (χ1n) is 5.97. The third kappa shape index (κ3) is 4.95. The summed E-state index contributed by atoms with van der Waals surface area (Å²) in [6.45, 7) is 0.376. The molecule has 0 aromatic heterocycles. The maximum atomic E-state index is 13.6. The Morgan fingerprint density at radius 1 is 1.30 bits per heavy atom. The zero-order valence-electron chi connectivity index (χ0n) is 11.3. The molecule has 6 nitrogen and oxygen atoms in total. The van der Waals surface area contributed by atoms with Crippen molar-refractivity contribution >= 4 is 10.1 Å². The summed E-state index contributed by atoms with van der Waals surface area (Å²) >= 11 is 0. The molecule has 1 aromatic carbocycles. The highest BCUT2D eigenvalue weighted by atomic mass is 32.2. The molecule has 0 amide bonds. The first-order chi connectivity index (χ1) is 9.02. The van der Waals surface area contributed by atoms with Crippen LogP contribution in [0.15, 0.2) is 12.1 Å². The number of nitrogens with zero attached hydrogens (tertiary/aromatic N) is 1. The number of hydrogen-bond donors (Lipinski definition) is 2. The van der Waals surface area contributed by atoms with E-state index in [9.17, 15) is 27.6 Å². The van der Waals surface area contributed by atoms with Crippen LogP contribution >= 0.6 is 0 Å². The van der Waals surface area contributed by atoms with Crippen LogP contribution in [-0.2, 0) is 16.7 Å². The molecule has 1 rings (SSSR count). The van der Waals surface area contributed by atoms with Crippen molar-refractivity contribution in [1.29, 1.82) is 0 Å². The third-order valence-corrected chi connectivity index (χ3v) is 3.74. The molecule has 0 unspecified atom stereocenters. The maximum Gasteiger partial charge on any atom is 0.169 e. The molecule has 0 bridgehead atoms. The zero-order chi connectivity index (χ0) is 15.6. The predicted molar refractivity (Wildman–Crippen MR) is 69.6 cm³/mol. The number of phenolic OH excluding ortho intramolecular Hbond substituents is 2. The van der Waals surface area contributed by atoms with E-state index in [4.69, 9.17) is 0 Å².